The Balaban J connectivity index is 1.50. The molecule has 2 aromatic rings. The smallest absolute Gasteiger partial charge is 0.262 e. The molecule has 2 heterocycles. The Bertz CT molecular complexity index is 1110. The summed E-state index contributed by atoms with van der Waals surface area (Å²) in [4.78, 5) is 15.8. The molecule has 2 aliphatic rings. The summed E-state index contributed by atoms with van der Waals surface area (Å²) in [5.41, 5.74) is 2.04. The lowest BCUT2D eigenvalue weighted by atomic mass is 9.96. The minimum absolute atomic E-state index is 0.147. The van der Waals surface area contributed by atoms with Gasteiger partial charge in [-0.05, 0) is 49.6 Å². The number of anilines is 1. The number of ether oxygens (including phenoxy) is 2. The maximum absolute atomic E-state index is 13.2. The van der Waals surface area contributed by atoms with Crippen molar-refractivity contribution < 1.29 is 22.7 Å². The Labute approximate surface area is 201 Å². The fourth-order valence-corrected chi connectivity index (χ4v) is 6.03. The molecule has 9 heteroatoms. The first-order chi connectivity index (χ1) is 16.3. The summed E-state index contributed by atoms with van der Waals surface area (Å²) in [5, 5.41) is 3.05. The van der Waals surface area contributed by atoms with Crippen LogP contribution in [0.4, 0.5) is 5.69 Å². The van der Waals surface area contributed by atoms with Gasteiger partial charge in [-0.2, -0.15) is 0 Å². The van der Waals surface area contributed by atoms with Crippen molar-refractivity contribution in [3.63, 3.8) is 0 Å². The van der Waals surface area contributed by atoms with Crippen LogP contribution in [-0.2, 0) is 19.5 Å². The van der Waals surface area contributed by atoms with Crippen molar-refractivity contribution in [1.82, 2.24) is 10.2 Å². The number of sulfonamides is 1. The first kappa shape index (κ1) is 24.7. The topological polar surface area (TPSA) is 97.0 Å². The molecule has 0 saturated carbocycles. The predicted octanol–water partition coefficient (Wildman–Crippen LogP) is 2.57. The summed E-state index contributed by atoms with van der Waals surface area (Å²) >= 11 is 0. The van der Waals surface area contributed by atoms with Crippen LogP contribution in [0.25, 0.3) is 0 Å². The molecule has 34 heavy (non-hydrogen) atoms. The van der Waals surface area contributed by atoms with E-state index in [-0.39, 0.29) is 22.5 Å². The summed E-state index contributed by atoms with van der Waals surface area (Å²) in [7, 11) is -3.85. The second kappa shape index (κ2) is 10.9. The first-order valence-electron chi connectivity index (χ1n) is 11.7. The van der Waals surface area contributed by atoms with E-state index in [9.17, 15) is 13.2 Å². The fraction of sp³-hybridized carbons (Fsp3) is 0.480. The van der Waals surface area contributed by atoms with Gasteiger partial charge in [0.15, 0.2) is 0 Å². The minimum Gasteiger partial charge on any atom is -0.381 e. The van der Waals surface area contributed by atoms with Crippen molar-refractivity contribution >= 4 is 21.6 Å². The molecule has 0 aliphatic carbocycles. The highest BCUT2D eigenvalue weighted by atomic mass is 32.2. The molecule has 0 spiro atoms. The molecule has 2 unspecified atom stereocenters. The lowest BCUT2D eigenvalue weighted by Gasteiger charge is -2.37. The highest BCUT2D eigenvalue weighted by Gasteiger charge is 2.32. The summed E-state index contributed by atoms with van der Waals surface area (Å²) in [5.74, 6) is 0.0351. The molecular formula is C25H33N3O5S. The van der Waals surface area contributed by atoms with Crippen LogP contribution < -0.4 is 10.0 Å². The normalized spacial score (nSPS) is 20.1. The Hall–Kier alpha value is -2.46. The van der Waals surface area contributed by atoms with E-state index >= 15 is 0 Å². The average Bonchev–Trinajstić information content (AvgIpc) is 3.36. The van der Waals surface area contributed by atoms with Crippen molar-refractivity contribution in [3.8, 4) is 0 Å². The van der Waals surface area contributed by atoms with Crippen molar-refractivity contribution in [1.29, 1.82) is 0 Å². The Morgan fingerprint density at radius 2 is 1.85 bits per heavy atom. The third kappa shape index (κ3) is 5.78. The number of hydrogen-bond donors (Lipinski definition) is 2. The fourth-order valence-electron chi connectivity index (χ4n) is 4.62. The van der Waals surface area contributed by atoms with E-state index in [0.29, 0.717) is 43.4 Å². The van der Waals surface area contributed by atoms with E-state index in [1.165, 1.54) is 0 Å². The number of carbonyl (C=O) groups is 1. The number of benzene rings is 2. The molecule has 2 N–H and O–H groups in total. The Morgan fingerprint density at radius 1 is 1.09 bits per heavy atom. The highest BCUT2D eigenvalue weighted by Crippen LogP contribution is 2.24. The van der Waals surface area contributed by atoms with Gasteiger partial charge in [0.25, 0.3) is 15.9 Å². The number of para-hydroxylation sites is 1. The van der Waals surface area contributed by atoms with Crippen molar-refractivity contribution in [3.05, 3.63) is 59.2 Å². The molecule has 4 rings (SSSR count). The number of amides is 1. The Morgan fingerprint density at radius 3 is 2.59 bits per heavy atom. The summed E-state index contributed by atoms with van der Waals surface area (Å²) < 4.78 is 40.0. The summed E-state index contributed by atoms with van der Waals surface area (Å²) in [6.45, 7) is 8.50. The van der Waals surface area contributed by atoms with Gasteiger partial charge in [0.1, 0.15) is 0 Å². The van der Waals surface area contributed by atoms with Crippen LogP contribution in [0.5, 0.6) is 0 Å². The van der Waals surface area contributed by atoms with Crippen molar-refractivity contribution in [2.24, 2.45) is 5.92 Å². The molecule has 2 aromatic carbocycles. The average molecular weight is 488 g/mol. The zero-order chi connectivity index (χ0) is 24.1. The molecule has 2 saturated heterocycles. The molecular weight excluding hydrogens is 454 g/mol. The van der Waals surface area contributed by atoms with Gasteiger partial charge in [0.2, 0.25) is 0 Å². The van der Waals surface area contributed by atoms with E-state index in [0.717, 1.165) is 31.7 Å². The van der Waals surface area contributed by atoms with Crippen LogP contribution in [0, 0.1) is 19.8 Å². The zero-order valence-corrected chi connectivity index (χ0v) is 20.6. The molecule has 184 valence electrons. The number of hydrogen-bond acceptors (Lipinski definition) is 6. The molecule has 0 bridgehead atoms. The molecule has 0 aromatic heterocycles. The number of nitrogens with zero attached hydrogens (tertiary/aromatic N) is 1. The zero-order valence-electron chi connectivity index (χ0n) is 19.7. The van der Waals surface area contributed by atoms with Gasteiger partial charge in [-0.1, -0.05) is 24.3 Å². The van der Waals surface area contributed by atoms with Crippen LogP contribution in [0.1, 0.15) is 27.9 Å². The van der Waals surface area contributed by atoms with Gasteiger partial charge in [0, 0.05) is 38.2 Å². The van der Waals surface area contributed by atoms with Crippen molar-refractivity contribution in [2.75, 3.05) is 50.8 Å². The molecule has 2 aliphatic heterocycles. The maximum Gasteiger partial charge on any atom is 0.262 e. The molecule has 2 fully saturated rings. The predicted molar refractivity (Wildman–Crippen MR) is 131 cm³/mol. The number of carbonyl (C=O) groups excluding carboxylic acids is 1. The molecule has 1 amide bonds. The van der Waals surface area contributed by atoms with Crippen LogP contribution in [0.2, 0.25) is 0 Å². The molecule has 0 radical (unpaired) electrons. The molecule has 2 atom stereocenters. The Kier molecular flexibility index (Phi) is 7.88. The van der Waals surface area contributed by atoms with E-state index in [1.807, 2.05) is 13.0 Å². The van der Waals surface area contributed by atoms with Crippen LogP contribution in [-0.4, -0.2) is 71.3 Å². The first-order valence-corrected chi connectivity index (χ1v) is 13.2. The van der Waals surface area contributed by atoms with Gasteiger partial charge in [0.05, 0.1) is 36.0 Å². The molecule has 8 nitrogen and oxygen atoms in total. The largest absolute Gasteiger partial charge is 0.381 e. The van der Waals surface area contributed by atoms with Crippen molar-refractivity contribution in [2.45, 2.75) is 31.2 Å². The highest BCUT2D eigenvalue weighted by molar-refractivity contribution is 7.92. The quantitative estimate of drug-likeness (QED) is 0.594. The monoisotopic (exact) mass is 487 g/mol. The maximum atomic E-state index is 13.2. The van der Waals surface area contributed by atoms with E-state index < -0.39 is 10.0 Å². The van der Waals surface area contributed by atoms with Gasteiger partial charge < -0.3 is 14.8 Å². The van der Waals surface area contributed by atoms with Gasteiger partial charge in [-0.15, -0.1) is 0 Å². The van der Waals surface area contributed by atoms with E-state index in [1.54, 1.807) is 43.3 Å². The number of morpholine rings is 1. The van der Waals surface area contributed by atoms with Gasteiger partial charge in [-0.25, -0.2) is 8.42 Å². The van der Waals surface area contributed by atoms with Gasteiger partial charge >= 0.3 is 0 Å². The van der Waals surface area contributed by atoms with E-state index in [2.05, 4.69) is 14.9 Å². The van der Waals surface area contributed by atoms with Crippen LogP contribution >= 0.6 is 0 Å². The SMILES string of the molecule is Cc1ccc(C)c(S(=O)(=O)Nc2ccccc2C(=O)NCC(C2CCOC2)N2CCOCC2)c1. The summed E-state index contributed by atoms with van der Waals surface area (Å²) in [6.07, 6.45) is 0.962. The lowest BCUT2D eigenvalue weighted by molar-refractivity contribution is 0.00167. The third-order valence-electron chi connectivity index (χ3n) is 6.54. The van der Waals surface area contributed by atoms with Gasteiger partial charge in [-0.3, -0.25) is 14.4 Å². The second-order valence-electron chi connectivity index (χ2n) is 8.97. The number of aryl methyl sites for hydroxylation is 2. The van der Waals surface area contributed by atoms with E-state index in [4.69, 9.17) is 9.47 Å². The van der Waals surface area contributed by atoms with Crippen LogP contribution in [0.3, 0.4) is 0 Å². The minimum atomic E-state index is -3.85. The lowest BCUT2D eigenvalue weighted by Crippen LogP contribution is -2.52. The second-order valence-corrected chi connectivity index (χ2v) is 10.6. The number of nitrogens with one attached hydrogen (secondary N) is 2. The standard InChI is InChI=1S/C25H33N3O5S/c1-18-7-8-19(2)24(15-18)34(30,31)27-22-6-4-3-5-21(22)25(29)26-16-23(20-9-12-33-17-20)28-10-13-32-14-11-28/h3-8,15,20,23,27H,9-14,16-17H2,1-2H3,(H,26,29). The number of rotatable bonds is 8. The third-order valence-corrected chi connectivity index (χ3v) is 8.05. The summed E-state index contributed by atoms with van der Waals surface area (Å²) in [6, 6.07) is 12.1. The van der Waals surface area contributed by atoms with Crippen LogP contribution in [0.15, 0.2) is 47.4 Å².